The van der Waals surface area contributed by atoms with Gasteiger partial charge >= 0.3 is 18.3 Å². The molecule has 0 bridgehead atoms. The van der Waals surface area contributed by atoms with Gasteiger partial charge in [-0.1, -0.05) is 71.9 Å². The highest BCUT2D eigenvalue weighted by Crippen LogP contribution is 2.44. The van der Waals surface area contributed by atoms with Crippen LogP contribution in [0, 0.1) is 51.9 Å². The van der Waals surface area contributed by atoms with Crippen molar-refractivity contribution in [3.05, 3.63) is 95.6 Å². The Hall–Kier alpha value is -7.33. The zero-order valence-electron chi connectivity index (χ0n) is 53.8. The van der Waals surface area contributed by atoms with E-state index in [4.69, 9.17) is 23.7 Å². The van der Waals surface area contributed by atoms with Crippen LogP contribution >= 0.6 is 0 Å². The number of likely N-dealkylation sites (N-methyl/N-ethyl adjacent to an activating group) is 2. The molecule has 2 N–H and O–H groups in total. The number of likely N-dealkylation sites (tertiary alicyclic amines) is 3. The molecule has 88 heavy (non-hydrogen) atoms. The van der Waals surface area contributed by atoms with Gasteiger partial charge in [0.15, 0.2) is 23.3 Å². The molecule has 23 heteroatoms. The van der Waals surface area contributed by atoms with E-state index in [1.54, 1.807) is 65.2 Å². The van der Waals surface area contributed by atoms with E-state index >= 15 is 0 Å². The van der Waals surface area contributed by atoms with Gasteiger partial charge in [0, 0.05) is 63.7 Å². The number of nitrogens with one attached hydrogen (secondary N) is 2. The molecule has 0 unspecified atom stereocenters. The summed E-state index contributed by atoms with van der Waals surface area (Å²) in [5.41, 5.74) is -1.97. The predicted molar refractivity (Wildman–Crippen MR) is 320 cm³/mol. The maximum absolute atomic E-state index is 14.4. The summed E-state index contributed by atoms with van der Waals surface area (Å²) in [4.78, 5) is 101. The first-order valence-electron chi connectivity index (χ1n) is 30.1. The molecule has 19 nitrogen and oxygen atoms in total. The lowest BCUT2D eigenvalue weighted by molar-refractivity contribution is -0.142. The number of hydrogen-bond acceptors (Lipinski definition) is 12. The summed E-state index contributed by atoms with van der Waals surface area (Å²) in [5, 5.41) is 5.78. The summed E-state index contributed by atoms with van der Waals surface area (Å²) in [6, 6.07) is 11.4. The Bertz CT molecular complexity index is 2970. The Morgan fingerprint density at radius 1 is 0.557 bits per heavy atom. The lowest BCUT2D eigenvalue weighted by atomic mass is 9.85. The fraction of sp³-hybridized carbons (Fsp3) is 0.615. The Morgan fingerprint density at radius 3 is 1.44 bits per heavy atom. The number of halogens is 4. The summed E-state index contributed by atoms with van der Waals surface area (Å²) in [6.07, 6.45) is 1.29. The fourth-order valence-electron chi connectivity index (χ4n) is 11.5. The van der Waals surface area contributed by atoms with Crippen LogP contribution in [0.1, 0.15) is 128 Å². The second kappa shape index (κ2) is 28.4. The zero-order valence-corrected chi connectivity index (χ0v) is 53.8. The molecule has 0 spiro atoms. The number of hydrogen-bond donors (Lipinski definition) is 2. The molecule has 7 rings (SSSR count). The van der Waals surface area contributed by atoms with Gasteiger partial charge in [0.2, 0.25) is 23.6 Å². The molecule has 1 aliphatic carbocycles. The quantitative estimate of drug-likeness (QED) is 0.102. The molecular weight excluding hydrogens is 1150 g/mol. The molecule has 10 atom stereocenters. The molecule has 486 valence electrons. The van der Waals surface area contributed by atoms with Crippen LogP contribution in [0.25, 0.3) is 0 Å². The topological polar surface area (TPSA) is 206 Å². The van der Waals surface area contributed by atoms with Crippen LogP contribution < -0.4 is 20.1 Å². The maximum Gasteiger partial charge on any atom is 0.410 e. The van der Waals surface area contributed by atoms with E-state index in [0.717, 1.165) is 49.1 Å². The van der Waals surface area contributed by atoms with E-state index < -0.39 is 118 Å². The first kappa shape index (κ1) is 69.8. The van der Waals surface area contributed by atoms with Crippen LogP contribution in [0.5, 0.6) is 11.5 Å². The van der Waals surface area contributed by atoms with Crippen molar-refractivity contribution in [1.29, 1.82) is 0 Å². The van der Waals surface area contributed by atoms with Crippen molar-refractivity contribution in [1.82, 2.24) is 35.1 Å². The number of carbonyl (C=O) groups is 7. The second-order valence-corrected chi connectivity index (χ2v) is 27.7. The van der Waals surface area contributed by atoms with Crippen molar-refractivity contribution in [2.24, 2.45) is 28.6 Å². The van der Waals surface area contributed by atoms with Gasteiger partial charge in [0.25, 0.3) is 0 Å². The molecule has 3 aromatic carbocycles. The fourth-order valence-corrected chi connectivity index (χ4v) is 11.5. The number of nitrogens with zero attached hydrogens (tertiary/aromatic N) is 5. The number of carbonyl (C=O) groups excluding carboxylic acids is 7. The lowest BCUT2D eigenvalue weighted by Gasteiger charge is -2.38. The highest BCUT2D eigenvalue weighted by atomic mass is 19.2. The van der Waals surface area contributed by atoms with E-state index in [-0.39, 0.29) is 61.6 Å². The molecule has 4 fully saturated rings. The SMILES string of the molecule is C[C@@H](C(=O)N[C@H](C(=O)N1CC[C@@H]2[C@H]1[C@@H](COc1ccc(F)c(F)c1)CN2C(=O)OCc1ccccc1)C(C)(C)C)N(C)C(=O)OC(C)(C)C.C[C@@H](C(=O)N[C@H](C(=O)N1CC[C@H]2CC[C@H](COc3ccc(F)c(F)c3)[C@H]21)C(C)(C)C)N(C)C(=O)OC(C)(C)C. The van der Waals surface area contributed by atoms with Crippen molar-refractivity contribution in [3.8, 4) is 11.5 Å². The molecule has 4 aliphatic rings. The van der Waals surface area contributed by atoms with Gasteiger partial charge in [0.05, 0.1) is 25.3 Å². The molecule has 3 aromatic rings. The molecule has 0 radical (unpaired) electrons. The van der Waals surface area contributed by atoms with Gasteiger partial charge < -0.3 is 49.0 Å². The summed E-state index contributed by atoms with van der Waals surface area (Å²) in [5.74, 6) is -5.17. The molecule has 3 aliphatic heterocycles. The minimum Gasteiger partial charge on any atom is -0.493 e. The van der Waals surface area contributed by atoms with Crippen LogP contribution in [0.3, 0.4) is 0 Å². The van der Waals surface area contributed by atoms with E-state index in [9.17, 15) is 51.1 Å². The third kappa shape index (κ3) is 17.9. The highest BCUT2D eigenvalue weighted by Gasteiger charge is 2.55. The Kier molecular flexibility index (Phi) is 22.5. The van der Waals surface area contributed by atoms with Crippen molar-refractivity contribution >= 4 is 41.9 Å². The van der Waals surface area contributed by atoms with Crippen LogP contribution in [-0.2, 0) is 40.0 Å². The first-order valence-corrected chi connectivity index (χ1v) is 30.1. The van der Waals surface area contributed by atoms with E-state index in [2.05, 4.69) is 10.6 Å². The minimum atomic E-state index is -1.05. The van der Waals surface area contributed by atoms with Gasteiger partial charge in [-0.3, -0.25) is 29.0 Å². The van der Waals surface area contributed by atoms with Crippen molar-refractivity contribution < 1.29 is 74.8 Å². The van der Waals surface area contributed by atoms with E-state index in [1.807, 2.05) is 76.8 Å². The van der Waals surface area contributed by atoms with Crippen LogP contribution in [0.15, 0.2) is 66.7 Å². The third-order valence-electron chi connectivity index (χ3n) is 16.5. The Morgan fingerprint density at radius 2 is 1.00 bits per heavy atom. The lowest BCUT2D eigenvalue weighted by Crippen LogP contribution is -2.60. The Balaban J connectivity index is 0.000000288. The van der Waals surface area contributed by atoms with Gasteiger partial charge in [-0.25, -0.2) is 31.9 Å². The summed E-state index contributed by atoms with van der Waals surface area (Å²) in [7, 11) is 2.95. The average Bonchev–Trinajstić information content (AvgIpc) is 1.69. The van der Waals surface area contributed by atoms with Crippen molar-refractivity contribution in [2.45, 2.75) is 183 Å². The molecule has 1 saturated carbocycles. The number of fused-ring (bicyclic) bond motifs is 2. The van der Waals surface area contributed by atoms with Gasteiger partial charge in [-0.15, -0.1) is 0 Å². The summed E-state index contributed by atoms with van der Waals surface area (Å²) < 4.78 is 82.6. The predicted octanol–water partition coefficient (Wildman–Crippen LogP) is 10.1. The normalized spacial score (nSPS) is 21.3. The second-order valence-electron chi connectivity index (χ2n) is 27.7. The zero-order chi connectivity index (χ0) is 65.5. The highest BCUT2D eigenvalue weighted by molar-refractivity contribution is 5.93. The van der Waals surface area contributed by atoms with Crippen LogP contribution in [-0.4, -0.2) is 167 Å². The van der Waals surface area contributed by atoms with Crippen LogP contribution in [0.2, 0.25) is 0 Å². The molecule has 0 aromatic heterocycles. The monoisotopic (exact) mass is 1240 g/mol. The maximum atomic E-state index is 14.4. The number of benzene rings is 3. The standard InChI is InChI=1S/C36H48F2N4O7.C29H43F2N3O5/c1-22(40(8)33(45)49-36(5,6)7)31(43)39-30(35(2,3)4)32(44)41-17-16-28-29(41)24(21-47-25-14-15-26(37)27(38)18-25)19-42(28)34(46)48-20-23-12-10-9-11-13-23;1-17(33(8)27(37)39-29(5,6)7)25(35)32-24(28(2,3)4)26(36)34-14-13-18-9-10-19(23(18)34)16-38-20-11-12-21(30)22(31)15-20/h9-15,18,22,24,28-30H,16-17,19-21H2,1-8H3,(H,39,43);11-12,15,17-19,23-24H,9-10,13-14,16H2,1-8H3,(H,32,35)/t22-,24+,28+,29+,30+;17-,18+,19+,23-,24+/m00/s1. The van der Waals surface area contributed by atoms with Crippen molar-refractivity contribution in [3.63, 3.8) is 0 Å². The average molecular weight is 1240 g/mol. The third-order valence-corrected chi connectivity index (χ3v) is 16.5. The smallest absolute Gasteiger partial charge is 0.410 e. The molecule has 3 heterocycles. The van der Waals surface area contributed by atoms with Gasteiger partial charge in [-0.05, 0) is 128 Å². The Labute approximate surface area is 515 Å². The molecule has 7 amide bonds. The largest absolute Gasteiger partial charge is 0.493 e. The van der Waals surface area contributed by atoms with E-state index in [0.29, 0.717) is 25.4 Å². The van der Waals surface area contributed by atoms with Gasteiger partial charge in [0.1, 0.15) is 53.5 Å². The number of ether oxygens (including phenoxy) is 5. The van der Waals surface area contributed by atoms with Crippen LogP contribution in [0.4, 0.5) is 31.9 Å². The minimum absolute atomic E-state index is 0.00272. The summed E-state index contributed by atoms with van der Waals surface area (Å²) in [6.45, 7) is 26.2. The molecular formula is C65H91F4N7O12. The number of amides is 7. The van der Waals surface area contributed by atoms with Crippen molar-refractivity contribution in [2.75, 3.05) is 46.9 Å². The molecule has 3 saturated heterocycles. The first-order chi connectivity index (χ1) is 40.9. The van der Waals surface area contributed by atoms with E-state index in [1.165, 1.54) is 36.0 Å². The number of rotatable bonds is 16. The van der Waals surface area contributed by atoms with Gasteiger partial charge in [-0.2, -0.15) is 0 Å². The summed E-state index contributed by atoms with van der Waals surface area (Å²) >= 11 is 0.